The third kappa shape index (κ3) is 3.88. The first-order chi connectivity index (χ1) is 15.4. The maximum absolute atomic E-state index is 13.3. The summed E-state index contributed by atoms with van der Waals surface area (Å²) in [4.78, 5) is 24.9. The third-order valence-corrected chi connectivity index (χ3v) is 6.35. The average molecular weight is 432 g/mol. The van der Waals surface area contributed by atoms with Crippen molar-refractivity contribution in [3.63, 3.8) is 0 Å². The molecule has 7 heteroatoms. The van der Waals surface area contributed by atoms with E-state index in [0.717, 1.165) is 41.9 Å². The molecule has 1 fully saturated rings. The molecule has 1 aliphatic carbocycles. The first-order valence-corrected chi connectivity index (χ1v) is 11.2. The number of hydrogen-bond donors (Lipinski definition) is 2. The molecule has 32 heavy (non-hydrogen) atoms. The van der Waals surface area contributed by atoms with Gasteiger partial charge in [0.25, 0.3) is 0 Å². The van der Waals surface area contributed by atoms with Crippen LogP contribution in [-0.4, -0.2) is 42.1 Å². The Morgan fingerprint density at radius 3 is 2.66 bits per heavy atom. The summed E-state index contributed by atoms with van der Waals surface area (Å²) in [6, 6.07) is 10.1. The minimum Gasteiger partial charge on any atom is -0.383 e. The van der Waals surface area contributed by atoms with E-state index in [1.165, 1.54) is 0 Å². The van der Waals surface area contributed by atoms with E-state index in [2.05, 4.69) is 35.1 Å². The lowest BCUT2D eigenvalue weighted by Crippen LogP contribution is -2.38. The van der Waals surface area contributed by atoms with Crippen molar-refractivity contribution < 1.29 is 9.53 Å². The fourth-order valence-corrected chi connectivity index (χ4v) is 4.84. The summed E-state index contributed by atoms with van der Waals surface area (Å²) in [6.07, 6.45) is 5.42. The number of fused-ring (bicyclic) bond motifs is 1. The maximum atomic E-state index is 13.3. The standard InChI is InChI=1S/C25H29N5O2/c1-25(2)14-18-20(19(31)15-25)17(9-8-16-6-4-3-5-7-16)21-22(26)28-24(29-23(21)27-18)30-10-12-32-13-11-30/h3-9,17H,10-15H2,1-2H3,(H3,26,27,28,29)/b9-8+/t17-/m0/s1. The highest BCUT2D eigenvalue weighted by Crippen LogP contribution is 2.48. The molecule has 3 heterocycles. The highest BCUT2D eigenvalue weighted by atomic mass is 16.5. The number of rotatable bonds is 3. The number of aromatic nitrogens is 2. The van der Waals surface area contributed by atoms with Crippen LogP contribution in [0.3, 0.4) is 0 Å². The number of Topliss-reactive ketones (excluding diaryl/α,β-unsaturated/α-hetero) is 1. The van der Waals surface area contributed by atoms with Crippen LogP contribution in [0.1, 0.15) is 43.7 Å². The average Bonchev–Trinajstić information content (AvgIpc) is 2.77. The largest absolute Gasteiger partial charge is 0.383 e. The van der Waals surface area contributed by atoms with Gasteiger partial charge in [-0.1, -0.05) is 56.3 Å². The lowest BCUT2D eigenvalue weighted by atomic mass is 9.70. The van der Waals surface area contributed by atoms with Gasteiger partial charge in [0.05, 0.1) is 13.2 Å². The first kappa shape index (κ1) is 20.7. The van der Waals surface area contributed by atoms with Gasteiger partial charge >= 0.3 is 0 Å². The number of anilines is 3. The second kappa shape index (κ2) is 8.06. The number of nitrogens with zero attached hydrogens (tertiary/aromatic N) is 3. The maximum Gasteiger partial charge on any atom is 0.229 e. The molecule has 0 amide bonds. The molecule has 2 aromatic rings. The lowest BCUT2D eigenvalue weighted by molar-refractivity contribution is -0.118. The van der Waals surface area contributed by atoms with Gasteiger partial charge in [-0.15, -0.1) is 0 Å². The number of nitrogens with two attached hydrogens (primary N) is 1. The molecule has 7 nitrogen and oxygen atoms in total. The summed E-state index contributed by atoms with van der Waals surface area (Å²) in [6.45, 7) is 7.02. The zero-order valence-corrected chi connectivity index (χ0v) is 18.6. The molecule has 5 rings (SSSR count). The molecular formula is C25H29N5O2. The van der Waals surface area contributed by atoms with Crippen molar-refractivity contribution in [1.82, 2.24) is 9.97 Å². The van der Waals surface area contributed by atoms with Crippen molar-refractivity contribution in [2.45, 2.75) is 32.6 Å². The van der Waals surface area contributed by atoms with Crippen LogP contribution in [0.15, 0.2) is 47.7 Å². The second-order valence-electron chi connectivity index (χ2n) is 9.48. The summed E-state index contributed by atoms with van der Waals surface area (Å²) in [5.74, 6) is 1.60. The predicted octanol–water partition coefficient (Wildman–Crippen LogP) is 3.76. The SMILES string of the molecule is CC1(C)CC(=O)C2=C(C1)Nc1nc(N3CCOCC3)nc(N)c1[C@H]2/C=C/c1ccccc1. The number of hydrogen-bond acceptors (Lipinski definition) is 7. The number of carbonyl (C=O) groups is 1. The van der Waals surface area contributed by atoms with Crippen molar-refractivity contribution in [1.29, 1.82) is 0 Å². The van der Waals surface area contributed by atoms with E-state index in [-0.39, 0.29) is 17.1 Å². The van der Waals surface area contributed by atoms with E-state index in [9.17, 15) is 4.79 Å². The predicted molar refractivity (Wildman–Crippen MR) is 126 cm³/mol. The number of nitrogen functional groups attached to an aromatic ring is 1. The first-order valence-electron chi connectivity index (χ1n) is 11.2. The summed E-state index contributed by atoms with van der Waals surface area (Å²) < 4.78 is 5.46. The Bertz CT molecular complexity index is 1100. The Kier molecular flexibility index (Phi) is 5.21. The van der Waals surface area contributed by atoms with Gasteiger partial charge in [-0.3, -0.25) is 4.79 Å². The van der Waals surface area contributed by atoms with Gasteiger partial charge in [-0.25, -0.2) is 0 Å². The fourth-order valence-electron chi connectivity index (χ4n) is 4.84. The smallest absolute Gasteiger partial charge is 0.229 e. The fraction of sp³-hybridized carbons (Fsp3) is 0.400. The molecule has 0 spiro atoms. The number of nitrogens with one attached hydrogen (secondary N) is 1. The molecule has 1 aromatic heterocycles. The summed E-state index contributed by atoms with van der Waals surface area (Å²) in [5.41, 5.74) is 10.0. The van der Waals surface area contributed by atoms with E-state index < -0.39 is 0 Å². The topological polar surface area (TPSA) is 93.4 Å². The minimum absolute atomic E-state index is 0.0975. The van der Waals surface area contributed by atoms with E-state index in [4.69, 9.17) is 15.5 Å². The summed E-state index contributed by atoms with van der Waals surface area (Å²) in [5, 5.41) is 3.47. The molecule has 0 radical (unpaired) electrons. The Hall–Kier alpha value is -3.19. The number of ether oxygens (including phenoxy) is 1. The zero-order valence-electron chi connectivity index (χ0n) is 18.6. The minimum atomic E-state index is -0.274. The van der Waals surface area contributed by atoms with Gasteiger partial charge in [0.1, 0.15) is 11.6 Å². The normalized spacial score (nSPS) is 22.5. The van der Waals surface area contributed by atoms with E-state index in [1.54, 1.807) is 0 Å². The van der Waals surface area contributed by atoms with Crippen molar-refractivity contribution in [2.75, 3.05) is 42.3 Å². The Balaban J connectivity index is 1.60. The van der Waals surface area contributed by atoms with Crippen LogP contribution in [0.5, 0.6) is 0 Å². The van der Waals surface area contributed by atoms with E-state index in [1.807, 2.05) is 36.4 Å². The molecule has 3 N–H and O–H groups in total. The monoisotopic (exact) mass is 431 g/mol. The number of allylic oxidation sites excluding steroid dienone is 3. The van der Waals surface area contributed by atoms with Crippen LogP contribution >= 0.6 is 0 Å². The third-order valence-electron chi connectivity index (χ3n) is 6.35. The van der Waals surface area contributed by atoms with Crippen LogP contribution in [0, 0.1) is 5.41 Å². The van der Waals surface area contributed by atoms with Crippen molar-refractivity contribution in [3.8, 4) is 0 Å². The van der Waals surface area contributed by atoms with Gasteiger partial charge < -0.3 is 20.7 Å². The molecule has 3 aliphatic rings. The van der Waals surface area contributed by atoms with Crippen molar-refractivity contribution >= 4 is 29.4 Å². The zero-order chi connectivity index (χ0) is 22.3. The van der Waals surface area contributed by atoms with Gasteiger partial charge in [0, 0.05) is 42.3 Å². The quantitative estimate of drug-likeness (QED) is 0.764. The number of benzene rings is 1. The summed E-state index contributed by atoms with van der Waals surface area (Å²) >= 11 is 0. The van der Waals surface area contributed by atoms with Crippen LogP contribution in [0.2, 0.25) is 0 Å². The van der Waals surface area contributed by atoms with E-state index in [0.29, 0.717) is 37.2 Å². The number of morpholine rings is 1. The molecule has 166 valence electrons. The van der Waals surface area contributed by atoms with Gasteiger partial charge in [-0.05, 0) is 17.4 Å². The lowest BCUT2D eigenvalue weighted by Gasteiger charge is -2.38. The molecule has 0 saturated carbocycles. The van der Waals surface area contributed by atoms with Crippen LogP contribution < -0.4 is 16.0 Å². The summed E-state index contributed by atoms with van der Waals surface area (Å²) in [7, 11) is 0. The van der Waals surface area contributed by atoms with Gasteiger partial charge in [0.2, 0.25) is 5.95 Å². The Labute approximate surface area is 188 Å². The van der Waals surface area contributed by atoms with Gasteiger partial charge in [0.15, 0.2) is 5.78 Å². The Morgan fingerprint density at radius 2 is 1.91 bits per heavy atom. The van der Waals surface area contributed by atoms with Crippen LogP contribution in [-0.2, 0) is 9.53 Å². The highest BCUT2D eigenvalue weighted by Gasteiger charge is 2.41. The molecule has 1 saturated heterocycles. The van der Waals surface area contributed by atoms with Crippen molar-refractivity contribution in [3.05, 3.63) is 58.8 Å². The van der Waals surface area contributed by atoms with Gasteiger partial charge in [-0.2, -0.15) is 9.97 Å². The molecule has 0 unspecified atom stereocenters. The molecule has 1 aromatic carbocycles. The highest BCUT2D eigenvalue weighted by molar-refractivity contribution is 6.01. The number of carbonyl (C=O) groups excluding carboxylic acids is 1. The molecular weight excluding hydrogens is 402 g/mol. The molecule has 1 atom stereocenters. The second-order valence-corrected chi connectivity index (χ2v) is 9.48. The van der Waals surface area contributed by atoms with Crippen molar-refractivity contribution in [2.24, 2.45) is 5.41 Å². The molecule has 0 bridgehead atoms. The van der Waals surface area contributed by atoms with Crippen LogP contribution in [0.25, 0.3) is 6.08 Å². The molecule has 2 aliphatic heterocycles. The number of ketones is 1. The Morgan fingerprint density at radius 1 is 1.16 bits per heavy atom. The van der Waals surface area contributed by atoms with Crippen LogP contribution in [0.4, 0.5) is 17.6 Å². The van der Waals surface area contributed by atoms with E-state index >= 15 is 0 Å².